The van der Waals surface area contributed by atoms with Gasteiger partial charge < -0.3 is 9.80 Å². The van der Waals surface area contributed by atoms with Crippen molar-refractivity contribution in [3.63, 3.8) is 0 Å². The summed E-state index contributed by atoms with van der Waals surface area (Å²) >= 11 is 0. The van der Waals surface area contributed by atoms with Crippen LogP contribution in [0.3, 0.4) is 0 Å². The molecule has 2 heterocycles. The van der Waals surface area contributed by atoms with Crippen LogP contribution in [0.4, 0.5) is 5.69 Å². The molecule has 3 nitrogen and oxygen atoms in total. The van der Waals surface area contributed by atoms with Gasteiger partial charge in [0.05, 0.1) is 0 Å². The molecule has 0 radical (unpaired) electrons. The summed E-state index contributed by atoms with van der Waals surface area (Å²) < 4.78 is 0. The molecule has 22 heavy (non-hydrogen) atoms. The van der Waals surface area contributed by atoms with Gasteiger partial charge >= 0.3 is 0 Å². The molecule has 1 saturated heterocycles. The lowest BCUT2D eigenvalue weighted by atomic mass is 10.1. The molecule has 0 spiro atoms. The number of hydrogen-bond donors (Lipinski definition) is 0. The lowest BCUT2D eigenvalue weighted by Crippen LogP contribution is -2.29. The number of anilines is 1. The third kappa shape index (κ3) is 2.82. The molecular formula is C19H25N3. The SMILES string of the molecule is C[C@H]1CCCN1C[C@H]1C[C@@H]1c1ccc(N2C=CC=NC2)cc1. The van der Waals surface area contributed by atoms with Gasteiger partial charge in [0.25, 0.3) is 0 Å². The Morgan fingerprint density at radius 3 is 2.77 bits per heavy atom. The molecule has 2 aliphatic heterocycles. The van der Waals surface area contributed by atoms with Crippen LogP contribution in [-0.4, -0.2) is 36.9 Å². The molecule has 1 aliphatic carbocycles. The van der Waals surface area contributed by atoms with Crippen LogP contribution in [-0.2, 0) is 0 Å². The summed E-state index contributed by atoms with van der Waals surface area (Å²) in [7, 11) is 0. The molecule has 1 saturated carbocycles. The third-order valence-electron chi connectivity index (χ3n) is 5.43. The largest absolute Gasteiger partial charge is 0.328 e. The van der Waals surface area contributed by atoms with Crippen molar-refractivity contribution >= 4 is 11.9 Å². The maximum atomic E-state index is 4.29. The van der Waals surface area contributed by atoms with Gasteiger partial charge in [-0.3, -0.25) is 4.99 Å². The second-order valence-corrected chi connectivity index (χ2v) is 6.96. The predicted molar refractivity (Wildman–Crippen MR) is 92.5 cm³/mol. The second kappa shape index (κ2) is 5.88. The van der Waals surface area contributed by atoms with E-state index >= 15 is 0 Å². The van der Waals surface area contributed by atoms with E-state index in [9.17, 15) is 0 Å². The molecule has 3 heteroatoms. The highest BCUT2D eigenvalue weighted by molar-refractivity contribution is 5.74. The van der Waals surface area contributed by atoms with Crippen LogP contribution in [0, 0.1) is 5.92 Å². The number of aliphatic imine (C=N–C) groups is 1. The fourth-order valence-electron chi connectivity index (χ4n) is 3.89. The maximum absolute atomic E-state index is 4.29. The zero-order valence-electron chi connectivity index (χ0n) is 13.4. The van der Waals surface area contributed by atoms with Gasteiger partial charge in [-0.15, -0.1) is 0 Å². The predicted octanol–water partition coefficient (Wildman–Crippen LogP) is 3.64. The van der Waals surface area contributed by atoms with Crippen LogP contribution < -0.4 is 4.90 Å². The molecule has 0 N–H and O–H groups in total. The second-order valence-electron chi connectivity index (χ2n) is 6.96. The number of allylic oxidation sites excluding steroid dienone is 1. The first-order valence-electron chi connectivity index (χ1n) is 8.58. The Morgan fingerprint density at radius 1 is 1.23 bits per heavy atom. The topological polar surface area (TPSA) is 18.8 Å². The van der Waals surface area contributed by atoms with Crippen LogP contribution in [0.1, 0.15) is 37.7 Å². The summed E-state index contributed by atoms with van der Waals surface area (Å²) in [5.74, 6) is 1.67. The molecule has 3 aliphatic rings. The van der Waals surface area contributed by atoms with Crippen LogP contribution >= 0.6 is 0 Å². The lowest BCUT2D eigenvalue weighted by molar-refractivity contribution is 0.256. The average Bonchev–Trinajstić information content (AvgIpc) is 3.23. The highest BCUT2D eigenvalue weighted by Gasteiger charge is 2.40. The van der Waals surface area contributed by atoms with Crippen molar-refractivity contribution < 1.29 is 0 Å². The van der Waals surface area contributed by atoms with Crippen LogP contribution in [0.25, 0.3) is 0 Å². The Morgan fingerprint density at radius 2 is 2.09 bits per heavy atom. The molecule has 116 valence electrons. The van der Waals surface area contributed by atoms with Crippen molar-refractivity contribution in [3.8, 4) is 0 Å². The summed E-state index contributed by atoms with van der Waals surface area (Å²) in [6, 6.07) is 9.93. The zero-order chi connectivity index (χ0) is 14.9. The Labute approximate surface area is 133 Å². The molecule has 1 aromatic rings. The van der Waals surface area contributed by atoms with E-state index in [0.29, 0.717) is 0 Å². The minimum absolute atomic E-state index is 0.731. The van der Waals surface area contributed by atoms with Crippen molar-refractivity contribution in [1.82, 2.24) is 4.90 Å². The Kier molecular flexibility index (Phi) is 3.75. The van der Waals surface area contributed by atoms with Gasteiger partial charge in [0.2, 0.25) is 0 Å². The molecule has 0 amide bonds. The molecule has 0 bridgehead atoms. The Bertz CT molecular complexity index is 575. The molecule has 1 aromatic carbocycles. The van der Waals surface area contributed by atoms with E-state index in [2.05, 4.69) is 52.2 Å². The number of likely N-dealkylation sites (tertiary alicyclic amines) is 1. The fraction of sp³-hybridized carbons (Fsp3) is 0.526. The number of hydrogen-bond acceptors (Lipinski definition) is 3. The van der Waals surface area contributed by atoms with Crippen LogP contribution in [0.15, 0.2) is 41.5 Å². The van der Waals surface area contributed by atoms with Crippen LogP contribution in [0.5, 0.6) is 0 Å². The van der Waals surface area contributed by atoms with Gasteiger partial charge in [-0.25, -0.2) is 0 Å². The summed E-state index contributed by atoms with van der Waals surface area (Å²) in [5.41, 5.74) is 2.76. The van der Waals surface area contributed by atoms with Crippen molar-refractivity contribution in [2.75, 3.05) is 24.7 Å². The minimum atomic E-state index is 0.731. The van der Waals surface area contributed by atoms with Gasteiger partial charge in [-0.1, -0.05) is 12.1 Å². The quantitative estimate of drug-likeness (QED) is 0.844. The van der Waals surface area contributed by atoms with E-state index in [1.165, 1.54) is 43.6 Å². The van der Waals surface area contributed by atoms with Gasteiger partial charge in [-0.05, 0) is 68.3 Å². The summed E-state index contributed by atoms with van der Waals surface area (Å²) in [5, 5.41) is 0. The van der Waals surface area contributed by atoms with Crippen molar-refractivity contribution in [3.05, 3.63) is 42.1 Å². The molecule has 0 aromatic heterocycles. The first-order chi connectivity index (χ1) is 10.8. The van der Waals surface area contributed by atoms with Gasteiger partial charge in [0, 0.05) is 30.7 Å². The van der Waals surface area contributed by atoms with Crippen molar-refractivity contribution in [1.29, 1.82) is 0 Å². The van der Waals surface area contributed by atoms with E-state index in [1.807, 2.05) is 12.3 Å². The summed E-state index contributed by atoms with van der Waals surface area (Å²) in [4.78, 5) is 9.16. The Balaban J connectivity index is 1.36. The highest BCUT2D eigenvalue weighted by Crippen LogP contribution is 2.48. The van der Waals surface area contributed by atoms with Gasteiger partial charge in [0.15, 0.2) is 0 Å². The van der Waals surface area contributed by atoms with E-state index < -0.39 is 0 Å². The molecule has 2 fully saturated rings. The first-order valence-corrected chi connectivity index (χ1v) is 8.58. The van der Waals surface area contributed by atoms with Gasteiger partial charge in [-0.2, -0.15) is 0 Å². The monoisotopic (exact) mass is 295 g/mol. The zero-order valence-corrected chi connectivity index (χ0v) is 13.4. The standard InChI is InChI=1S/C19H25N3/c1-15-4-2-10-21(15)13-17-12-19(17)16-5-7-18(8-6-16)22-11-3-9-20-14-22/h3,5-9,11,15,17,19H,2,4,10,12-14H2,1H3/t15-,17+,19+/m0/s1. The molecular weight excluding hydrogens is 270 g/mol. The number of benzene rings is 1. The smallest absolute Gasteiger partial charge is 0.114 e. The lowest BCUT2D eigenvalue weighted by Gasteiger charge is -2.21. The number of rotatable bonds is 4. The fourth-order valence-corrected chi connectivity index (χ4v) is 3.89. The van der Waals surface area contributed by atoms with Gasteiger partial charge in [0.1, 0.15) is 6.67 Å². The normalized spacial score (nSPS) is 31.0. The maximum Gasteiger partial charge on any atom is 0.114 e. The molecule has 0 unspecified atom stereocenters. The van der Waals surface area contributed by atoms with E-state index in [-0.39, 0.29) is 0 Å². The highest BCUT2D eigenvalue weighted by atomic mass is 15.2. The minimum Gasteiger partial charge on any atom is -0.328 e. The number of nitrogens with zero attached hydrogens (tertiary/aromatic N) is 3. The average molecular weight is 295 g/mol. The first kappa shape index (κ1) is 14.0. The Hall–Kier alpha value is -1.61. The van der Waals surface area contributed by atoms with E-state index in [0.717, 1.165) is 24.5 Å². The van der Waals surface area contributed by atoms with E-state index in [4.69, 9.17) is 0 Å². The van der Waals surface area contributed by atoms with Crippen molar-refractivity contribution in [2.24, 2.45) is 10.9 Å². The summed E-state index contributed by atoms with van der Waals surface area (Å²) in [6.45, 7) is 5.73. The molecule has 4 rings (SSSR count). The van der Waals surface area contributed by atoms with Crippen molar-refractivity contribution in [2.45, 2.75) is 38.1 Å². The molecule has 3 atom stereocenters. The summed E-state index contributed by atoms with van der Waals surface area (Å²) in [6.07, 6.45) is 10.1. The van der Waals surface area contributed by atoms with Crippen LogP contribution in [0.2, 0.25) is 0 Å². The third-order valence-corrected chi connectivity index (χ3v) is 5.43. The van der Waals surface area contributed by atoms with E-state index in [1.54, 1.807) is 0 Å².